The minimum absolute atomic E-state index is 0.0291. The first-order chi connectivity index (χ1) is 13.0. The van der Waals surface area contributed by atoms with Crippen LogP contribution >= 0.6 is 0 Å². The maximum atomic E-state index is 12.9. The van der Waals surface area contributed by atoms with Crippen molar-refractivity contribution in [3.8, 4) is 11.5 Å². The molecule has 1 fully saturated rings. The molecule has 1 aliphatic rings. The second kappa shape index (κ2) is 8.25. The SMILES string of the molecule is COc1cc(C(=O)N2CCC(C(=O)c3ccccc3)CC2)cc(OC)c1C. The third-order valence-corrected chi connectivity index (χ3v) is 5.21. The second-order valence-electron chi connectivity index (χ2n) is 6.80. The lowest BCUT2D eigenvalue weighted by molar-refractivity contribution is 0.0650. The van der Waals surface area contributed by atoms with Crippen molar-refractivity contribution in [1.82, 2.24) is 4.90 Å². The Morgan fingerprint density at radius 3 is 2.00 bits per heavy atom. The van der Waals surface area contributed by atoms with Crippen molar-refractivity contribution in [3.05, 3.63) is 59.2 Å². The Balaban J connectivity index is 1.69. The number of Topliss-reactive ketones (excluding diaryl/α,β-unsaturated/α-hetero) is 1. The van der Waals surface area contributed by atoms with Crippen molar-refractivity contribution < 1.29 is 19.1 Å². The van der Waals surface area contributed by atoms with E-state index in [0.29, 0.717) is 43.0 Å². The summed E-state index contributed by atoms with van der Waals surface area (Å²) in [7, 11) is 3.16. The van der Waals surface area contributed by atoms with Crippen LogP contribution in [0.2, 0.25) is 0 Å². The van der Waals surface area contributed by atoms with Gasteiger partial charge in [0.15, 0.2) is 5.78 Å². The van der Waals surface area contributed by atoms with E-state index in [1.54, 1.807) is 31.3 Å². The van der Waals surface area contributed by atoms with Crippen LogP contribution in [-0.2, 0) is 0 Å². The minimum Gasteiger partial charge on any atom is -0.496 e. The van der Waals surface area contributed by atoms with Gasteiger partial charge in [-0.25, -0.2) is 0 Å². The molecule has 3 rings (SSSR count). The molecule has 2 aromatic rings. The lowest BCUT2D eigenvalue weighted by Gasteiger charge is -2.31. The Labute approximate surface area is 159 Å². The van der Waals surface area contributed by atoms with E-state index in [1.165, 1.54) is 0 Å². The Bertz CT molecular complexity index is 798. The topological polar surface area (TPSA) is 55.8 Å². The number of carbonyl (C=O) groups is 2. The normalized spacial score (nSPS) is 14.7. The summed E-state index contributed by atoms with van der Waals surface area (Å²) < 4.78 is 10.7. The summed E-state index contributed by atoms with van der Waals surface area (Å²) >= 11 is 0. The van der Waals surface area contributed by atoms with Crippen LogP contribution in [0.5, 0.6) is 11.5 Å². The van der Waals surface area contributed by atoms with Crippen molar-refractivity contribution in [2.45, 2.75) is 19.8 Å². The number of hydrogen-bond acceptors (Lipinski definition) is 4. The number of carbonyl (C=O) groups excluding carboxylic acids is 2. The smallest absolute Gasteiger partial charge is 0.254 e. The molecule has 1 aliphatic heterocycles. The van der Waals surface area contributed by atoms with E-state index in [1.807, 2.05) is 37.3 Å². The molecule has 0 spiro atoms. The number of likely N-dealkylation sites (tertiary alicyclic amines) is 1. The lowest BCUT2D eigenvalue weighted by Crippen LogP contribution is -2.40. The zero-order valence-electron chi connectivity index (χ0n) is 16.0. The van der Waals surface area contributed by atoms with Crippen LogP contribution in [-0.4, -0.2) is 43.9 Å². The first kappa shape index (κ1) is 19.0. The van der Waals surface area contributed by atoms with Gasteiger partial charge in [0.1, 0.15) is 11.5 Å². The third kappa shape index (κ3) is 3.97. The van der Waals surface area contributed by atoms with Gasteiger partial charge in [-0.05, 0) is 31.9 Å². The van der Waals surface area contributed by atoms with Crippen LogP contribution in [0.15, 0.2) is 42.5 Å². The highest BCUT2D eigenvalue weighted by Crippen LogP contribution is 2.31. The molecule has 0 bridgehead atoms. The zero-order valence-corrected chi connectivity index (χ0v) is 16.0. The molecule has 0 aromatic heterocycles. The molecule has 1 heterocycles. The highest BCUT2D eigenvalue weighted by Gasteiger charge is 2.29. The van der Waals surface area contributed by atoms with Crippen LogP contribution in [0.25, 0.3) is 0 Å². The number of ketones is 1. The molecule has 0 atom stereocenters. The van der Waals surface area contributed by atoms with Gasteiger partial charge < -0.3 is 14.4 Å². The van der Waals surface area contributed by atoms with E-state index >= 15 is 0 Å². The predicted octanol–water partition coefficient (Wildman–Crippen LogP) is 3.75. The summed E-state index contributed by atoms with van der Waals surface area (Å²) in [4.78, 5) is 27.3. The van der Waals surface area contributed by atoms with Gasteiger partial charge in [0.05, 0.1) is 14.2 Å². The molecule has 5 heteroatoms. The number of ether oxygens (including phenoxy) is 2. The first-order valence-corrected chi connectivity index (χ1v) is 9.16. The van der Waals surface area contributed by atoms with Gasteiger partial charge in [-0.1, -0.05) is 30.3 Å². The van der Waals surface area contributed by atoms with Gasteiger partial charge in [-0.15, -0.1) is 0 Å². The van der Waals surface area contributed by atoms with Gasteiger partial charge >= 0.3 is 0 Å². The molecule has 5 nitrogen and oxygen atoms in total. The molecule has 27 heavy (non-hydrogen) atoms. The third-order valence-electron chi connectivity index (χ3n) is 5.21. The van der Waals surface area contributed by atoms with Gasteiger partial charge in [-0.3, -0.25) is 9.59 Å². The molecule has 0 unspecified atom stereocenters. The fraction of sp³-hybridized carbons (Fsp3) is 0.364. The van der Waals surface area contributed by atoms with Gasteiger partial charge in [0.25, 0.3) is 5.91 Å². The summed E-state index contributed by atoms with van der Waals surface area (Å²) in [5.41, 5.74) is 2.15. The van der Waals surface area contributed by atoms with Gasteiger partial charge in [-0.2, -0.15) is 0 Å². The van der Waals surface area contributed by atoms with Crippen LogP contribution in [0.3, 0.4) is 0 Å². The molecule has 142 valence electrons. The van der Waals surface area contributed by atoms with Crippen molar-refractivity contribution in [3.63, 3.8) is 0 Å². The van der Waals surface area contributed by atoms with Crippen molar-refractivity contribution in [2.75, 3.05) is 27.3 Å². The Morgan fingerprint density at radius 2 is 1.48 bits per heavy atom. The fourth-order valence-corrected chi connectivity index (χ4v) is 3.58. The molecular weight excluding hydrogens is 342 g/mol. The predicted molar refractivity (Wildman–Crippen MR) is 104 cm³/mol. The average molecular weight is 367 g/mol. The largest absolute Gasteiger partial charge is 0.496 e. The van der Waals surface area contributed by atoms with E-state index in [-0.39, 0.29) is 17.6 Å². The fourth-order valence-electron chi connectivity index (χ4n) is 3.58. The molecule has 1 amide bonds. The van der Waals surface area contributed by atoms with Crippen LogP contribution in [0.1, 0.15) is 39.1 Å². The van der Waals surface area contributed by atoms with Crippen molar-refractivity contribution in [1.29, 1.82) is 0 Å². The maximum Gasteiger partial charge on any atom is 0.254 e. The number of nitrogens with zero attached hydrogens (tertiary/aromatic N) is 1. The number of amides is 1. The molecule has 0 aliphatic carbocycles. The molecule has 2 aromatic carbocycles. The van der Waals surface area contributed by atoms with Gasteiger partial charge in [0, 0.05) is 35.7 Å². The van der Waals surface area contributed by atoms with E-state index in [0.717, 1.165) is 11.1 Å². The Hall–Kier alpha value is -2.82. The number of methoxy groups -OCH3 is 2. The highest BCUT2D eigenvalue weighted by atomic mass is 16.5. The van der Waals surface area contributed by atoms with E-state index in [9.17, 15) is 9.59 Å². The Morgan fingerprint density at radius 1 is 0.926 bits per heavy atom. The number of rotatable bonds is 5. The quantitative estimate of drug-likeness (QED) is 0.756. The first-order valence-electron chi connectivity index (χ1n) is 9.16. The van der Waals surface area contributed by atoms with E-state index < -0.39 is 0 Å². The second-order valence-corrected chi connectivity index (χ2v) is 6.80. The summed E-state index contributed by atoms with van der Waals surface area (Å²) in [6, 6.07) is 12.9. The van der Waals surface area contributed by atoms with Crippen molar-refractivity contribution >= 4 is 11.7 Å². The summed E-state index contributed by atoms with van der Waals surface area (Å²) in [5, 5.41) is 0. The average Bonchev–Trinajstić information content (AvgIpc) is 2.73. The molecular formula is C22H25NO4. The lowest BCUT2D eigenvalue weighted by atomic mass is 9.88. The van der Waals surface area contributed by atoms with E-state index in [2.05, 4.69) is 0 Å². The highest BCUT2D eigenvalue weighted by molar-refractivity contribution is 5.98. The van der Waals surface area contributed by atoms with Crippen LogP contribution in [0.4, 0.5) is 0 Å². The standard InChI is InChI=1S/C22H25NO4/c1-15-19(26-2)13-18(14-20(15)27-3)22(25)23-11-9-17(10-12-23)21(24)16-7-5-4-6-8-16/h4-8,13-14,17H,9-12H2,1-3H3. The molecule has 1 saturated heterocycles. The number of piperidine rings is 1. The molecule has 0 saturated carbocycles. The molecule has 0 N–H and O–H groups in total. The van der Waals surface area contributed by atoms with Crippen LogP contribution in [0, 0.1) is 12.8 Å². The Kier molecular flexibility index (Phi) is 5.79. The van der Waals surface area contributed by atoms with E-state index in [4.69, 9.17) is 9.47 Å². The number of hydrogen-bond donors (Lipinski definition) is 0. The summed E-state index contributed by atoms with van der Waals surface area (Å²) in [6.45, 7) is 3.04. The summed E-state index contributed by atoms with van der Waals surface area (Å²) in [5.74, 6) is 1.34. The summed E-state index contributed by atoms with van der Waals surface area (Å²) in [6.07, 6.45) is 1.36. The molecule has 0 radical (unpaired) electrons. The van der Waals surface area contributed by atoms with Crippen molar-refractivity contribution in [2.24, 2.45) is 5.92 Å². The number of benzene rings is 2. The maximum absolute atomic E-state index is 12.9. The monoisotopic (exact) mass is 367 g/mol. The zero-order chi connectivity index (χ0) is 19.4. The minimum atomic E-state index is -0.0581. The van der Waals surface area contributed by atoms with Crippen LogP contribution < -0.4 is 9.47 Å². The van der Waals surface area contributed by atoms with Gasteiger partial charge in [0.2, 0.25) is 0 Å².